The summed E-state index contributed by atoms with van der Waals surface area (Å²) in [6.07, 6.45) is 0. The van der Waals surface area contributed by atoms with Gasteiger partial charge in [0, 0.05) is 22.0 Å². The molecule has 3 rings (SSSR count). The van der Waals surface area contributed by atoms with Crippen LogP contribution in [0.5, 0.6) is 0 Å². The van der Waals surface area contributed by atoms with Gasteiger partial charge in [0.25, 0.3) is 0 Å². The van der Waals surface area contributed by atoms with Gasteiger partial charge in [0.1, 0.15) is 0 Å². The molecule has 0 amide bonds. The van der Waals surface area contributed by atoms with Gasteiger partial charge in [-0.15, -0.1) is 0 Å². The van der Waals surface area contributed by atoms with Gasteiger partial charge in [0.2, 0.25) is 10.0 Å². The largest absolute Gasteiger partial charge is 0.316 e. The van der Waals surface area contributed by atoms with Crippen LogP contribution in [0.2, 0.25) is 0 Å². The van der Waals surface area contributed by atoms with Crippen molar-refractivity contribution in [1.29, 1.82) is 0 Å². The predicted octanol–water partition coefficient (Wildman–Crippen LogP) is 2.05. The molecule has 2 heterocycles. The fraction of sp³-hybridized carbons (Fsp3) is 0.500. The Kier molecular flexibility index (Phi) is 3.77. The third-order valence-electron chi connectivity index (χ3n) is 3.87. The highest BCUT2D eigenvalue weighted by atomic mass is 79.9. The van der Waals surface area contributed by atoms with Crippen molar-refractivity contribution >= 4 is 41.9 Å². The highest BCUT2D eigenvalue weighted by Gasteiger charge is 2.41. The fourth-order valence-electron chi connectivity index (χ4n) is 2.82. The lowest BCUT2D eigenvalue weighted by Crippen LogP contribution is -2.32. The second-order valence-corrected chi connectivity index (χ2v) is 8.75. The van der Waals surface area contributed by atoms with Gasteiger partial charge in [-0.1, -0.05) is 15.9 Å². The molecule has 0 radical (unpaired) electrons. The lowest BCUT2D eigenvalue weighted by Gasteiger charge is -2.18. The van der Waals surface area contributed by atoms with Gasteiger partial charge < -0.3 is 5.32 Å². The van der Waals surface area contributed by atoms with Gasteiger partial charge in [-0.3, -0.25) is 0 Å². The molecule has 0 aromatic heterocycles. The second kappa shape index (κ2) is 5.11. The van der Waals surface area contributed by atoms with E-state index in [1.54, 1.807) is 16.4 Å². The Hall–Kier alpha value is 0.0500. The molecule has 2 fully saturated rings. The Labute approximate surface area is 129 Å². The van der Waals surface area contributed by atoms with Crippen LogP contribution in [0.25, 0.3) is 0 Å². The molecule has 0 saturated carbocycles. The molecule has 0 aliphatic carbocycles. The minimum atomic E-state index is -3.41. The summed E-state index contributed by atoms with van der Waals surface area (Å²) in [6, 6.07) is 5.24. The van der Waals surface area contributed by atoms with Crippen molar-refractivity contribution in [3.63, 3.8) is 0 Å². The van der Waals surface area contributed by atoms with Crippen molar-refractivity contribution in [1.82, 2.24) is 9.62 Å². The molecule has 7 heteroatoms. The Balaban J connectivity index is 1.93. The van der Waals surface area contributed by atoms with E-state index in [1.807, 2.05) is 6.07 Å². The van der Waals surface area contributed by atoms with Crippen LogP contribution in [-0.2, 0) is 10.0 Å². The highest BCUT2D eigenvalue weighted by Crippen LogP contribution is 2.34. The van der Waals surface area contributed by atoms with Crippen molar-refractivity contribution in [3.8, 4) is 0 Å². The van der Waals surface area contributed by atoms with E-state index in [2.05, 4.69) is 37.2 Å². The maximum Gasteiger partial charge on any atom is 0.244 e. The molecule has 0 bridgehead atoms. The Morgan fingerprint density at radius 3 is 2.42 bits per heavy atom. The van der Waals surface area contributed by atoms with Gasteiger partial charge in [-0.05, 0) is 59.1 Å². The van der Waals surface area contributed by atoms with Gasteiger partial charge in [0.05, 0.1) is 4.90 Å². The predicted molar refractivity (Wildman–Crippen MR) is 80.5 cm³/mol. The molecule has 1 N–H and O–H groups in total. The minimum absolute atomic E-state index is 0.342. The van der Waals surface area contributed by atoms with Crippen LogP contribution in [0.4, 0.5) is 0 Å². The molecule has 0 spiro atoms. The van der Waals surface area contributed by atoms with Crippen LogP contribution < -0.4 is 5.32 Å². The SMILES string of the molecule is O=S(=O)(c1cc(Br)ccc1Br)N1C[C@H]2CNC[C@H]2C1. The summed E-state index contributed by atoms with van der Waals surface area (Å²) in [5.41, 5.74) is 0. The minimum Gasteiger partial charge on any atom is -0.316 e. The number of hydrogen-bond acceptors (Lipinski definition) is 3. The van der Waals surface area contributed by atoms with Crippen molar-refractivity contribution in [2.75, 3.05) is 26.2 Å². The maximum atomic E-state index is 12.7. The van der Waals surface area contributed by atoms with Crippen LogP contribution in [0.3, 0.4) is 0 Å². The lowest BCUT2D eigenvalue weighted by atomic mass is 10.0. The van der Waals surface area contributed by atoms with Gasteiger partial charge in [0.15, 0.2) is 0 Å². The fourth-order valence-corrected chi connectivity index (χ4v) is 5.84. The van der Waals surface area contributed by atoms with Crippen molar-refractivity contribution in [2.45, 2.75) is 4.90 Å². The zero-order valence-electron chi connectivity index (χ0n) is 10.1. The van der Waals surface area contributed by atoms with Crippen LogP contribution in [0, 0.1) is 11.8 Å². The topological polar surface area (TPSA) is 49.4 Å². The number of fused-ring (bicyclic) bond motifs is 1. The monoisotopic (exact) mass is 408 g/mol. The summed E-state index contributed by atoms with van der Waals surface area (Å²) in [4.78, 5) is 0.342. The Morgan fingerprint density at radius 2 is 1.79 bits per heavy atom. The number of nitrogens with one attached hydrogen (secondary N) is 1. The number of halogens is 2. The summed E-state index contributed by atoms with van der Waals surface area (Å²) in [5.74, 6) is 0.918. The average Bonchev–Trinajstić information content (AvgIpc) is 2.92. The highest BCUT2D eigenvalue weighted by molar-refractivity contribution is 9.11. The van der Waals surface area contributed by atoms with E-state index in [9.17, 15) is 8.42 Å². The van der Waals surface area contributed by atoms with E-state index in [1.165, 1.54) is 0 Å². The first kappa shape index (κ1) is 14.0. The van der Waals surface area contributed by atoms with Crippen LogP contribution in [-0.4, -0.2) is 38.9 Å². The van der Waals surface area contributed by atoms with E-state index < -0.39 is 10.0 Å². The number of nitrogens with zero attached hydrogens (tertiary/aromatic N) is 1. The van der Waals surface area contributed by atoms with E-state index in [-0.39, 0.29) is 0 Å². The zero-order chi connectivity index (χ0) is 13.6. The zero-order valence-corrected chi connectivity index (χ0v) is 14.1. The molecular weight excluding hydrogens is 396 g/mol. The van der Waals surface area contributed by atoms with E-state index >= 15 is 0 Å². The Morgan fingerprint density at radius 1 is 1.16 bits per heavy atom. The first-order valence-electron chi connectivity index (χ1n) is 6.14. The van der Waals surface area contributed by atoms with E-state index in [4.69, 9.17) is 0 Å². The quantitative estimate of drug-likeness (QED) is 0.813. The third kappa shape index (κ3) is 2.51. The molecule has 2 saturated heterocycles. The van der Waals surface area contributed by atoms with Crippen LogP contribution >= 0.6 is 31.9 Å². The molecule has 0 unspecified atom stereocenters. The maximum absolute atomic E-state index is 12.7. The van der Waals surface area contributed by atoms with E-state index in [0.29, 0.717) is 34.3 Å². The van der Waals surface area contributed by atoms with Crippen LogP contribution in [0.1, 0.15) is 0 Å². The number of hydrogen-bond donors (Lipinski definition) is 1. The molecule has 104 valence electrons. The number of rotatable bonds is 2. The molecule has 2 atom stereocenters. The van der Waals surface area contributed by atoms with Gasteiger partial charge >= 0.3 is 0 Å². The molecule has 2 aliphatic heterocycles. The summed E-state index contributed by atoms with van der Waals surface area (Å²) >= 11 is 6.67. The van der Waals surface area contributed by atoms with E-state index in [0.717, 1.165) is 17.6 Å². The average molecular weight is 410 g/mol. The molecular formula is C12H14Br2N2O2S. The second-order valence-electron chi connectivity index (χ2n) is 5.08. The van der Waals surface area contributed by atoms with Crippen molar-refractivity contribution in [3.05, 3.63) is 27.1 Å². The normalized spacial score (nSPS) is 27.7. The Bertz CT molecular complexity index is 594. The number of sulfonamides is 1. The van der Waals surface area contributed by atoms with Gasteiger partial charge in [-0.2, -0.15) is 4.31 Å². The first-order chi connectivity index (χ1) is 8.98. The third-order valence-corrected chi connectivity index (χ3v) is 7.19. The molecule has 1 aromatic rings. The van der Waals surface area contributed by atoms with Crippen molar-refractivity contribution < 1.29 is 8.42 Å². The summed E-state index contributed by atoms with van der Waals surface area (Å²) in [6.45, 7) is 3.10. The van der Waals surface area contributed by atoms with Crippen molar-refractivity contribution in [2.24, 2.45) is 11.8 Å². The molecule has 1 aromatic carbocycles. The summed E-state index contributed by atoms with van der Waals surface area (Å²) in [5, 5.41) is 3.32. The standard InChI is InChI=1S/C12H14Br2N2O2S/c13-10-1-2-11(14)12(3-10)19(17,18)16-6-8-4-15-5-9(8)7-16/h1-3,8-9,15H,4-7H2/t8-,9+. The molecule has 4 nitrogen and oxygen atoms in total. The molecule has 19 heavy (non-hydrogen) atoms. The first-order valence-corrected chi connectivity index (χ1v) is 9.17. The van der Waals surface area contributed by atoms with Crippen LogP contribution in [0.15, 0.2) is 32.0 Å². The molecule has 2 aliphatic rings. The summed E-state index contributed by atoms with van der Waals surface area (Å²) in [7, 11) is -3.41. The smallest absolute Gasteiger partial charge is 0.244 e. The van der Waals surface area contributed by atoms with Gasteiger partial charge in [-0.25, -0.2) is 8.42 Å². The summed E-state index contributed by atoms with van der Waals surface area (Å²) < 4.78 is 28.4. The number of benzene rings is 1. The lowest BCUT2D eigenvalue weighted by molar-refractivity contribution is 0.447.